The summed E-state index contributed by atoms with van der Waals surface area (Å²) >= 11 is 0. The number of hydrogen-bond donors (Lipinski definition) is 0. The van der Waals surface area contributed by atoms with E-state index < -0.39 is 13.7 Å². The molecule has 8 aromatic rings. The van der Waals surface area contributed by atoms with Crippen molar-refractivity contribution in [2.75, 3.05) is 0 Å². The summed E-state index contributed by atoms with van der Waals surface area (Å²) in [5.74, 6) is 1.60. The average Bonchev–Trinajstić information content (AvgIpc) is 3.78. The normalized spacial score (nSPS) is 14.6. The molecule has 7 heteroatoms. The Morgan fingerprint density at radius 1 is 0.672 bits per heavy atom. The van der Waals surface area contributed by atoms with Crippen molar-refractivity contribution in [1.29, 1.82) is 0 Å². The van der Waals surface area contributed by atoms with Crippen molar-refractivity contribution < 1.29 is 34.0 Å². The first-order chi connectivity index (χ1) is 29.8. The fraction of sp³-hybridized carbons (Fsp3) is 0.196. The summed E-state index contributed by atoms with van der Waals surface area (Å²) in [4.78, 5) is 9.73. The fourth-order valence-electron chi connectivity index (χ4n) is 7.43. The van der Waals surface area contributed by atoms with Gasteiger partial charge in [-0.3, -0.25) is 0 Å². The zero-order chi connectivity index (χ0) is 44.6. The Bertz CT molecular complexity index is 3170. The van der Waals surface area contributed by atoms with E-state index in [1.165, 1.54) is 18.2 Å². The van der Waals surface area contributed by atoms with Crippen LogP contribution in [-0.4, -0.2) is 20.5 Å². The van der Waals surface area contributed by atoms with Crippen LogP contribution in [0, 0.1) is 25.8 Å². The average molecular weight is 945 g/mol. The van der Waals surface area contributed by atoms with E-state index in [9.17, 15) is 0 Å². The summed E-state index contributed by atoms with van der Waals surface area (Å²) in [6.07, 6.45) is 3.52. The van der Waals surface area contributed by atoms with Crippen molar-refractivity contribution in [2.24, 2.45) is 0 Å². The molecule has 0 fully saturated rings. The van der Waals surface area contributed by atoms with Crippen molar-refractivity contribution in [3.63, 3.8) is 0 Å². The second-order valence-corrected chi connectivity index (χ2v) is 16.4. The maximum Gasteiger partial charge on any atom is 2.00 e. The molecule has 0 radical (unpaired) electrons. The monoisotopic (exact) mass is 944 g/mol. The quantitative estimate of drug-likeness (QED) is 0.123. The Labute approximate surface area is 363 Å². The SMILES string of the molecule is [2H]C([2H])([2H])c1cccc(C([2H])([2H])[2H])c1-c1ccccc1[N+]1=C=[N+](c2[c-]c(Oc3[c-]c4c(nc3)c3ccccc3n4-c3cc(C(C)(C)C)ccn3)cc(C(C)(C)C)c2)c2ccccc21.[Pt+2]. The maximum absolute atomic E-state index is 8.41. The molecule has 1 aliphatic heterocycles. The summed E-state index contributed by atoms with van der Waals surface area (Å²) in [5.41, 5.74) is 7.46. The van der Waals surface area contributed by atoms with Crippen LogP contribution in [0.1, 0.15) is 72.0 Å². The molecule has 5 aromatic carbocycles. The molecule has 0 saturated heterocycles. The Hall–Kier alpha value is -5.93. The molecule has 0 unspecified atom stereocenters. The van der Waals surface area contributed by atoms with Crippen molar-refractivity contribution in [3.8, 4) is 28.4 Å². The molecule has 6 nitrogen and oxygen atoms in total. The molecule has 1 aliphatic rings. The topological polar surface area (TPSA) is 46.0 Å². The number of pyridine rings is 2. The van der Waals surface area contributed by atoms with E-state index in [1.807, 2.05) is 76.0 Å². The van der Waals surface area contributed by atoms with Gasteiger partial charge in [0.1, 0.15) is 11.5 Å². The number of ether oxygens (including phenoxy) is 1. The first-order valence-electron chi connectivity index (χ1n) is 22.0. The molecule has 9 rings (SSSR count). The van der Waals surface area contributed by atoms with Gasteiger partial charge in [-0.15, -0.1) is 17.7 Å². The minimum atomic E-state index is -2.58. The minimum absolute atomic E-state index is 0. The molecular formula is C51H45N5OPt+2. The second kappa shape index (κ2) is 14.8. The Kier molecular flexibility index (Phi) is 8.17. The van der Waals surface area contributed by atoms with Crippen LogP contribution >= 0.6 is 0 Å². The van der Waals surface area contributed by atoms with Gasteiger partial charge in [0, 0.05) is 49.6 Å². The van der Waals surface area contributed by atoms with Gasteiger partial charge >= 0.3 is 27.1 Å². The Morgan fingerprint density at radius 3 is 2.07 bits per heavy atom. The van der Waals surface area contributed by atoms with E-state index in [0.717, 1.165) is 50.3 Å². The molecule has 4 heterocycles. The number of nitrogens with zero attached hydrogens (tertiary/aromatic N) is 5. The molecular weight excluding hydrogens is 894 g/mol. The summed E-state index contributed by atoms with van der Waals surface area (Å²) in [7, 11) is 0. The van der Waals surface area contributed by atoms with Gasteiger partial charge in [-0.2, -0.15) is 0 Å². The van der Waals surface area contributed by atoms with Crippen LogP contribution in [0.5, 0.6) is 11.5 Å². The van der Waals surface area contributed by atoms with E-state index in [4.69, 9.17) is 22.9 Å². The third-order valence-electron chi connectivity index (χ3n) is 10.4. The second-order valence-electron chi connectivity index (χ2n) is 16.4. The molecule has 0 spiro atoms. The third kappa shape index (κ3) is 6.91. The van der Waals surface area contributed by atoms with Crippen LogP contribution in [0.4, 0.5) is 22.7 Å². The molecule has 0 amide bonds. The summed E-state index contributed by atoms with van der Waals surface area (Å²) in [5, 5.41) is 0.975. The van der Waals surface area contributed by atoms with E-state index in [-0.39, 0.29) is 48.6 Å². The zero-order valence-corrected chi connectivity index (χ0v) is 35.4. The number of rotatable bonds is 6. The molecule has 288 valence electrons. The van der Waals surface area contributed by atoms with Crippen molar-refractivity contribution in [1.82, 2.24) is 23.7 Å². The number of aromatic nitrogens is 3. The first-order valence-corrected chi connectivity index (χ1v) is 19.0. The first kappa shape index (κ1) is 32.1. The number of hydrogen-bond acceptors (Lipinski definition) is 3. The van der Waals surface area contributed by atoms with Crippen molar-refractivity contribution in [3.05, 3.63) is 162 Å². The Morgan fingerprint density at radius 2 is 1.34 bits per heavy atom. The van der Waals surface area contributed by atoms with E-state index in [2.05, 4.69) is 88.5 Å². The van der Waals surface area contributed by atoms with Gasteiger partial charge in [-0.05, 0) is 98.2 Å². The molecule has 0 aliphatic carbocycles. The van der Waals surface area contributed by atoms with Gasteiger partial charge in [0.15, 0.2) is 0 Å². The number of aryl methyl sites for hydroxylation is 2. The molecule has 0 saturated carbocycles. The summed E-state index contributed by atoms with van der Waals surface area (Å²) in [6.45, 7) is 7.78. The Balaban J connectivity index is 0.00000560. The number of para-hydroxylation sites is 4. The van der Waals surface area contributed by atoms with Crippen LogP contribution in [0.15, 0.2) is 128 Å². The van der Waals surface area contributed by atoms with Crippen molar-refractivity contribution >= 4 is 50.7 Å². The fourth-order valence-corrected chi connectivity index (χ4v) is 7.43. The molecule has 3 aromatic heterocycles. The maximum atomic E-state index is 8.41. The van der Waals surface area contributed by atoms with Gasteiger partial charge < -0.3 is 14.3 Å². The molecule has 0 N–H and O–H groups in total. The van der Waals surface area contributed by atoms with Gasteiger partial charge in [0.2, 0.25) is 5.69 Å². The van der Waals surface area contributed by atoms with Gasteiger partial charge in [-0.25, -0.2) is 4.98 Å². The standard InChI is InChI=1S/C51H45N5O.Pt/c1-33-16-15-17-34(2)48(33)40-18-9-11-20-42(40)55-32-54(44-22-13-14-23-45(44)55)37-26-36(51(6,7)8)27-38(29-37)57-39-30-46-49(53-31-39)41-19-10-12-21-43(41)56(46)47-28-35(24-25-52-47)50(3,4)5;/h9-28,31H,1-8H3;/q;+2/i1D3,2D3;. The molecule has 0 bridgehead atoms. The van der Waals surface area contributed by atoms with E-state index in [0.29, 0.717) is 28.4 Å². The largest absolute Gasteiger partial charge is 2.00 e. The predicted octanol–water partition coefficient (Wildman–Crippen LogP) is 12.7. The smallest absolute Gasteiger partial charge is 0.507 e. The minimum Gasteiger partial charge on any atom is -0.507 e. The molecule has 58 heavy (non-hydrogen) atoms. The third-order valence-corrected chi connectivity index (χ3v) is 10.4. The van der Waals surface area contributed by atoms with Crippen LogP contribution in [0.2, 0.25) is 0 Å². The van der Waals surface area contributed by atoms with Crippen LogP contribution in [0.25, 0.3) is 38.9 Å². The molecule has 0 atom stereocenters. The summed E-state index contributed by atoms with van der Waals surface area (Å²) < 4.78 is 62.9. The van der Waals surface area contributed by atoms with Crippen LogP contribution < -0.4 is 13.9 Å². The zero-order valence-electron chi connectivity index (χ0n) is 39.1. The van der Waals surface area contributed by atoms with E-state index in [1.54, 1.807) is 18.3 Å². The van der Waals surface area contributed by atoms with Gasteiger partial charge in [-0.1, -0.05) is 119 Å². The van der Waals surface area contributed by atoms with Crippen LogP contribution in [-0.2, 0) is 31.9 Å². The summed E-state index contributed by atoms with van der Waals surface area (Å²) in [6, 6.07) is 46.3. The van der Waals surface area contributed by atoms with Crippen molar-refractivity contribution in [2.45, 2.75) is 66.1 Å². The number of fused-ring (bicyclic) bond motifs is 4. The van der Waals surface area contributed by atoms with E-state index >= 15 is 0 Å². The van der Waals surface area contributed by atoms with Gasteiger partial charge in [0.05, 0.1) is 5.56 Å². The van der Waals surface area contributed by atoms with Gasteiger partial charge in [0.25, 0.3) is 11.4 Å². The number of benzene rings is 5. The van der Waals surface area contributed by atoms with Crippen LogP contribution in [0.3, 0.4) is 0 Å². The predicted molar refractivity (Wildman–Crippen MR) is 234 cm³/mol.